The monoisotopic (exact) mass is 292 g/mol. The van der Waals surface area contributed by atoms with Gasteiger partial charge in [0.05, 0.1) is 19.9 Å². The summed E-state index contributed by atoms with van der Waals surface area (Å²) < 4.78 is 10.8. The van der Waals surface area contributed by atoms with E-state index in [4.69, 9.17) is 9.47 Å². The molecule has 0 saturated carbocycles. The predicted molar refractivity (Wildman–Crippen MR) is 87.7 cm³/mol. The lowest BCUT2D eigenvalue weighted by atomic mass is 10.0. The highest BCUT2D eigenvalue weighted by atomic mass is 16.5. The second-order valence-electron chi connectivity index (χ2n) is 5.78. The van der Waals surface area contributed by atoms with Gasteiger partial charge in [-0.25, -0.2) is 0 Å². The summed E-state index contributed by atoms with van der Waals surface area (Å²) >= 11 is 0. The largest absolute Gasteiger partial charge is 0.497 e. The van der Waals surface area contributed by atoms with Crippen molar-refractivity contribution in [1.29, 1.82) is 0 Å². The molecule has 2 unspecified atom stereocenters. The maximum atomic E-state index is 5.56. The van der Waals surface area contributed by atoms with Crippen molar-refractivity contribution in [2.24, 2.45) is 0 Å². The molecular formula is C17H28N2O2. The van der Waals surface area contributed by atoms with Crippen LogP contribution in [-0.2, 0) is 0 Å². The Kier molecular flexibility index (Phi) is 5.74. The molecule has 1 saturated heterocycles. The molecule has 0 aliphatic carbocycles. The van der Waals surface area contributed by atoms with Crippen LogP contribution in [0.15, 0.2) is 18.2 Å². The third-order valence-corrected chi connectivity index (χ3v) is 4.32. The van der Waals surface area contributed by atoms with Gasteiger partial charge in [-0.1, -0.05) is 6.92 Å². The Bertz CT molecular complexity index is 450. The van der Waals surface area contributed by atoms with Crippen LogP contribution in [0, 0.1) is 0 Å². The van der Waals surface area contributed by atoms with Crippen LogP contribution in [0.3, 0.4) is 0 Å². The van der Waals surface area contributed by atoms with E-state index in [-0.39, 0.29) is 0 Å². The van der Waals surface area contributed by atoms with Gasteiger partial charge in [0.15, 0.2) is 0 Å². The lowest BCUT2D eigenvalue weighted by molar-refractivity contribution is 0.372. The molecule has 4 nitrogen and oxygen atoms in total. The van der Waals surface area contributed by atoms with Crippen LogP contribution < -0.4 is 19.7 Å². The Morgan fingerprint density at radius 1 is 1.19 bits per heavy atom. The summed E-state index contributed by atoms with van der Waals surface area (Å²) in [6.07, 6.45) is 3.49. The number of hydrogen-bond acceptors (Lipinski definition) is 4. The van der Waals surface area contributed by atoms with Crippen LogP contribution in [0.1, 0.15) is 33.1 Å². The minimum atomic E-state index is 0.557. The van der Waals surface area contributed by atoms with E-state index in [0.717, 1.165) is 37.4 Å². The molecule has 0 radical (unpaired) electrons. The summed E-state index contributed by atoms with van der Waals surface area (Å²) in [5, 5.41) is 3.71. The van der Waals surface area contributed by atoms with E-state index in [2.05, 4.69) is 30.1 Å². The molecule has 0 bridgehead atoms. The second-order valence-corrected chi connectivity index (χ2v) is 5.78. The molecule has 0 amide bonds. The molecule has 118 valence electrons. The SMILES string of the molecule is CCC1CCN(c2ccc(OC)cc2OC)CCC(C)N1. The maximum absolute atomic E-state index is 5.56. The molecule has 1 aromatic rings. The summed E-state index contributed by atoms with van der Waals surface area (Å²) in [5.74, 6) is 1.73. The van der Waals surface area contributed by atoms with Gasteiger partial charge in [0.25, 0.3) is 0 Å². The Morgan fingerprint density at radius 3 is 2.62 bits per heavy atom. The number of ether oxygens (including phenoxy) is 2. The molecule has 21 heavy (non-hydrogen) atoms. The van der Waals surface area contributed by atoms with Gasteiger partial charge in [-0.05, 0) is 38.3 Å². The number of hydrogen-bond donors (Lipinski definition) is 1. The van der Waals surface area contributed by atoms with Crippen molar-refractivity contribution in [2.75, 3.05) is 32.2 Å². The minimum absolute atomic E-state index is 0.557. The second kappa shape index (κ2) is 7.55. The molecule has 4 heteroatoms. The van der Waals surface area contributed by atoms with Gasteiger partial charge in [0.1, 0.15) is 11.5 Å². The molecule has 0 spiro atoms. The Hall–Kier alpha value is -1.42. The first-order valence-corrected chi connectivity index (χ1v) is 7.91. The van der Waals surface area contributed by atoms with Crippen molar-refractivity contribution in [2.45, 2.75) is 45.2 Å². The number of benzene rings is 1. The van der Waals surface area contributed by atoms with E-state index in [0.29, 0.717) is 12.1 Å². The fourth-order valence-corrected chi connectivity index (χ4v) is 2.95. The number of anilines is 1. The first-order valence-electron chi connectivity index (χ1n) is 7.91. The van der Waals surface area contributed by atoms with Crippen LogP contribution in [0.4, 0.5) is 5.69 Å². The van der Waals surface area contributed by atoms with Crippen molar-refractivity contribution in [1.82, 2.24) is 5.32 Å². The molecule has 1 fully saturated rings. The van der Waals surface area contributed by atoms with Crippen LogP contribution in [0.2, 0.25) is 0 Å². The molecule has 1 heterocycles. The van der Waals surface area contributed by atoms with Crippen molar-refractivity contribution < 1.29 is 9.47 Å². The van der Waals surface area contributed by atoms with E-state index in [1.54, 1.807) is 14.2 Å². The van der Waals surface area contributed by atoms with Gasteiger partial charge in [-0.2, -0.15) is 0 Å². The highest BCUT2D eigenvalue weighted by molar-refractivity contribution is 5.61. The minimum Gasteiger partial charge on any atom is -0.497 e. The van der Waals surface area contributed by atoms with Crippen molar-refractivity contribution in [3.05, 3.63) is 18.2 Å². The quantitative estimate of drug-likeness (QED) is 0.925. The van der Waals surface area contributed by atoms with Crippen LogP contribution in [0.25, 0.3) is 0 Å². The molecular weight excluding hydrogens is 264 g/mol. The van der Waals surface area contributed by atoms with Gasteiger partial charge < -0.3 is 19.7 Å². The lowest BCUT2D eigenvalue weighted by Crippen LogP contribution is -2.44. The van der Waals surface area contributed by atoms with E-state index in [9.17, 15) is 0 Å². The van der Waals surface area contributed by atoms with Crippen molar-refractivity contribution >= 4 is 5.69 Å². The fraction of sp³-hybridized carbons (Fsp3) is 0.647. The van der Waals surface area contributed by atoms with Gasteiger partial charge in [0.2, 0.25) is 0 Å². The third kappa shape index (κ3) is 4.03. The summed E-state index contributed by atoms with van der Waals surface area (Å²) in [6.45, 7) is 6.63. The first kappa shape index (κ1) is 16.0. The van der Waals surface area contributed by atoms with E-state index < -0.39 is 0 Å². The zero-order valence-corrected chi connectivity index (χ0v) is 13.7. The fourth-order valence-electron chi connectivity index (χ4n) is 2.95. The lowest BCUT2D eigenvalue weighted by Gasteiger charge is -2.34. The Balaban J connectivity index is 2.19. The molecule has 2 atom stereocenters. The van der Waals surface area contributed by atoms with Gasteiger partial charge in [0, 0.05) is 31.2 Å². The van der Waals surface area contributed by atoms with Crippen LogP contribution in [-0.4, -0.2) is 39.4 Å². The topological polar surface area (TPSA) is 33.7 Å². The standard InChI is InChI=1S/C17H28N2O2/c1-5-14-9-11-19(10-8-13(2)18-14)16-7-6-15(20-3)12-17(16)21-4/h6-7,12-14,18H,5,8-11H2,1-4H3. The van der Waals surface area contributed by atoms with Crippen molar-refractivity contribution in [3.8, 4) is 11.5 Å². The summed E-state index contributed by atoms with van der Waals surface area (Å²) in [4.78, 5) is 2.44. The summed E-state index contributed by atoms with van der Waals surface area (Å²) in [5.41, 5.74) is 1.17. The molecule has 0 aromatic heterocycles. The zero-order chi connectivity index (χ0) is 15.2. The van der Waals surface area contributed by atoms with Gasteiger partial charge >= 0.3 is 0 Å². The van der Waals surface area contributed by atoms with Crippen molar-refractivity contribution in [3.63, 3.8) is 0 Å². The van der Waals surface area contributed by atoms with Gasteiger partial charge in [-0.15, -0.1) is 0 Å². The average molecular weight is 292 g/mol. The maximum Gasteiger partial charge on any atom is 0.145 e. The highest BCUT2D eigenvalue weighted by Crippen LogP contribution is 2.33. The average Bonchev–Trinajstić information content (AvgIpc) is 2.51. The molecule has 1 aliphatic heterocycles. The Labute approximate surface area is 128 Å². The van der Waals surface area contributed by atoms with E-state index >= 15 is 0 Å². The molecule has 1 N–H and O–H groups in total. The smallest absolute Gasteiger partial charge is 0.145 e. The van der Waals surface area contributed by atoms with Crippen LogP contribution >= 0.6 is 0 Å². The molecule has 2 rings (SSSR count). The number of nitrogens with one attached hydrogen (secondary N) is 1. The molecule has 1 aliphatic rings. The number of rotatable bonds is 4. The summed E-state index contributed by atoms with van der Waals surface area (Å²) in [7, 11) is 3.41. The Morgan fingerprint density at radius 2 is 1.95 bits per heavy atom. The predicted octanol–water partition coefficient (Wildman–Crippen LogP) is 3.06. The van der Waals surface area contributed by atoms with E-state index in [1.165, 1.54) is 12.1 Å². The third-order valence-electron chi connectivity index (χ3n) is 4.32. The van der Waals surface area contributed by atoms with Gasteiger partial charge in [-0.3, -0.25) is 0 Å². The van der Waals surface area contributed by atoms with Crippen LogP contribution in [0.5, 0.6) is 11.5 Å². The highest BCUT2D eigenvalue weighted by Gasteiger charge is 2.20. The normalized spacial score (nSPS) is 23.3. The summed E-state index contributed by atoms with van der Waals surface area (Å²) in [6, 6.07) is 7.25. The zero-order valence-electron chi connectivity index (χ0n) is 13.7. The first-order chi connectivity index (χ1) is 10.2. The van der Waals surface area contributed by atoms with E-state index in [1.807, 2.05) is 12.1 Å². The number of nitrogens with zero attached hydrogens (tertiary/aromatic N) is 1. The number of methoxy groups -OCH3 is 2. The molecule has 1 aromatic carbocycles.